The molecule has 0 aliphatic heterocycles. The van der Waals surface area contributed by atoms with Gasteiger partial charge < -0.3 is 15.4 Å². The molecule has 2 N–H and O–H groups in total. The normalized spacial score (nSPS) is 12.1. The van der Waals surface area contributed by atoms with Crippen LogP contribution >= 0.6 is 24.0 Å². The summed E-state index contributed by atoms with van der Waals surface area (Å²) in [6.07, 6.45) is 1.94. The first-order valence-corrected chi connectivity index (χ1v) is 6.84. The van der Waals surface area contributed by atoms with E-state index in [1.165, 1.54) is 0 Å². The number of hydrogen-bond acceptors (Lipinski definition) is 4. The minimum atomic E-state index is -0.251. The number of nitrogens with zero attached hydrogens (tertiary/aromatic N) is 4. The quantitative estimate of drug-likeness (QED) is 0.437. The van der Waals surface area contributed by atoms with Gasteiger partial charge in [-0.3, -0.25) is 9.39 Å². The van der Waals surface area contributed by atoms with Gasteiger partial charge >= 0.3 is 0 Å². The molecule has 0 saturated heterocycles. The molecular formula is C14H23IN6O. The summed E-state index contributed by atoms with van der Waals surface area (Å²) >= 11 is 0. The number of halogens is 1. The standard InChI is InChI=1S/C14H22N6O.HI/c1-14(2,21-4)10-17-13(15-3)16-9-12-19-18-11-7-5-6-8-20(11)12;/h5-8H,9-10H2,1-4H3,(H2,15,16,17);1H. The SMILES string of the molecule is CN=C(NCc1nnc2ccccn12)NCC(C)(C)OC.I. The molecule has 8 heteroatoms. The Balaban J connectivity index is 0.00000242. The zero-order chi connectivity index (χ0) is 15.3. The third-order valence-corrected chi connectivity index (χ3v) is 3.26. The number of nitrogens with one attached hydrogen (secondary N) is 2. The van der Waals surface area contributed by atoms with Gasteiger partial charge in [0.05, 0.1) is 12.1 Å². The van der Waals surface area contributed by atoms with Crippen LogP contribution in [0.1, 0.15) is 19.7 Å². The van der Waals surface area contributed by atoms with Crippen molar-refractivity contribution in [3.8, 4) is 0 Å². The molecule has 7 nitrogen and oxygen atoms in total. The fourth-order valence-corrected chi connectivity index (χ4v) is 1.76. The summed E-state index contributed by atoms with van der Waals surface area (Å²) in [6, 6.07) is 5.81. The van der Waals surface area contributed by atoms with E-state index in [-0.39, 0.29) is 29.6 Å². The molecule has 0 bridgehead atoms. The monoisotopic (exact) mass is 418 g/mol. The first-order valence-electron chi connectivity index (χ1n) is 6.84. The van der Waals surface area contributed by atoms with Crippen LogP contribution in [0.15, 0.2) is 29.4 Å². The van der Waals surface area contributed by atoms with E-state index < -0.39 is 0 Å². The molecule has 0 radical (unpaired) electrons. The molecule has 2 rings (SSSR count). The van der Waals surface area contributed by atoms with Crippen LogP contribution in [0.3, 0.4) is 0 Å². The van der Waals surface area contributed by atoms with Crippen LogP contribution in [0, 0.1) is 0 Å². The van der Waals surface area contributed by atoms with Crippen LogP contribution in [0.25, 0.3) is 5.65 Å². The Bertz CT molecular complexity index is 625. The Hall–Kier alpha value is -1.42. The number of hydrogen-bond donors (Lipinski definition) is 2. The Morgan fingerprint density at radius 1 is 1.32 bits per heavy atom. The molecule has 0 unspecified atom stereocenters. The summed E-state index contributed by atoms with van der Waals surface area (Å²) in [4.78, 5) is 4.19. The van der Waals surface area contributed by atoms with Gasteiger partial charge in [-0.15, -0.1) is 34.2 Å². The van der Waals surface area contributed by atoms with E-state index in [2.05, 4.69) is 25.8 Å². The molecule has 0 saturated carbocycles. The predicted octanol–water partition coefficient (Wildman–Crippen LogP) is 1.44. The first kappa shape index (κ1) is 18.6. The molecule has 0 amide bonds. The number of fused-ring (bicyclic) bond motifs is 1. The molecule has 0 aliphatic rings. The highest BCUT2D eigenvalue weighted by molar-refractivity contribution is 14.0. The molecule has 0 aliphatic carbocycles. The molecule has 0 spiro atoms. The van der Waals surface area contributed by atoms with Gasteiger partial charge in [-0.1, -0.05) is 6.07 Å². The third kappa shape index (κ3) is 4.80. The Morgan fingerprint density at radius 2 is 2.09 bits per heavy atom. The average molecular weight is 418 g/mol. The van der Waals surface area contributed by atoms with Gasteiger partial charge in [0.15, 0.2) is 17.4 Å². The maximum atomic E-state index is 5.37. The van der Waals surface area contributed by atoms with E-state index in [0.29, 0.717) is 19.0 Å². The summed E-state index contributed by atoms with van der Waals surface area (Å²) in [5.74, 6) is 1.53. The highest BCUT2D eigenvalue weighted by Gasteiger charge is 2.16. The van der Waals surface area contributed by atoms with E-state index in [1.807, 2.05) is 42.6 Å². The van der Waals surface area contributed by atoms with Gasteiger partial charge in [0.25, 0.3) is 0 Å². The maximum absolute atomic E-state index is 5.37. The van der Waals surface area contributed by atoms with Gasteiger partial charge in [-0.25, -0.2) is 0 Å². The number of pyridine rings is 1. The number of guanidine groups is 1. The number of aromatic nitrogens is 3. The largest absolute Gasteiger partial charge is 0.377 e. The fraction of sp³-hybridized carbons (Fsp3) is 0.500. The second-order valence-electron chi connectivity index (χ2n) is 5.29. The zero-order valence-electron chi connectivity index (χ0n) is 13.3. The van der Waals surface area contributed by atoms with Crippen molar-refractivity contribution in [3.63, 3.8) is 0 Å². The number of rotatable bonds is 5. The topological polar surface area (TPSA) is 75.8 Å². The zero-order valence-corrected chi connectivity index (χ0v) is 15.7. The molecule has 0 fully saturated rings. The van der Waals surface area contributed by atoms with Crippen molar-refractivity contribution in [2.24, 2.45) is 4.99 Å². The van der Waals surface area contributed by atoms with Crippen LogP contribution in [-0.2, 0) is 11.3 Å². The Kier molecular flexibility index (Phi) is 7.01. The number of ether oxygens (including phenoxy) is 1. The molecule has 22 heavy (non-hydrogen) atoms. The van der Waals surface area contributed by atoms with Crippen LogP contribution in [0.2, 0.25) is 0 Å². The first-order chi connectivity index (χ1) is 10.1. The second-order valence-corrected chi connectivity index (χ2v) is 5.29. The molecule has 2 heterocycles. The molecule has 2 aromatic heterocycles. The van der Waals surface area contributed by atoms with Crippen LogP contribution in [0.4, 0.5) is 0 Å². The van der Waals surface area contributed by atoms with Crippen LogP contribution in [0.5, 0.6) is 0 Å². The highest BCUT2D eigenvalue weighted by atomic mass is 127. The van der Waals surface area contributed by atoms with E-state index in [1.54, 1.807) is 14.2 Å². The van der Waals surface area contributed by atoms with E-state index >= 15 is 0 Å². The smallest absolute Gasteiger partial charge is 0.191 e. The van der Waals surface area contributed by atoms with E-state index in [4.69, 9.17) is 4.74 Å². The van der Waals surface area contributed by atoms with Crippen LogP contribution < -0.4 is 10.6 Å². The fourth-order valence-electron chi connectivity index (χ4n) is 1.76. The second kappa shape index (κ2) is 8.28. The number of aliphatic imine (C=N–C) groups is 1. The van der Waals surface area contributed by atoms with Gasteiger partial charge in [0.1, 0.15) is 0 Å². The van der Waals surface area contributed by atoms with Crippen molar-refractivity contribution in [3.05, 3.63) is 30.2 Å². The third-order valence-electron chi connectivity index (χ3n) is 3.26. The number of methoxy groups -OCH3 is 1. The summed E-state index contributed by atoms with van der Waals surface area (Å²) < 4.78 is 7.31. The van der Waals surface area contributed by atoms with Gasteiger partial charge in [0.2, 0.25) is 0 Å². The summed E-state index contributed by atoms with van der Waals surface area (Å²) in [6.45, 7) is 5.22. The lowest BCUT2D eigenvalue weighted by atomic mass is 10.1. The maximum Gasteiger partial charge on any atom is 0.191 e. The highest BCUT2D eigenvalue weighted by Crippen LogP contribution is 2.05. The van der Waals surface area contributed by atoms with Gasteiger partial charge in [0, 0.05) is 26.9 Å². The van der Waals surface area contributed by atoms with E-state index in [0.717, 1.165) is 11.5 Å². The van der Waals surface area contributed by atoms with Crippen molar-refractivity contribution in [1.29, 1.82) is 0 Å². The summed E-state index contributed by atoms with van der Waals surface area (Å²) in [5, 5.41) is 14.7. The Morgan fingerprint density at radius 3 is 2.77 bits per heavy atom. The minimum Gasteiger partial charge on any atom is -0.377 e. The van der Waals surface area contributed by atoms with Gasteiger partial charge in [-0.2, -0.15) is 0 Å². The Labute approximate surface area is 147 Å². The van der Waals surface area contributed by atoms with Crippen molar-refractivity contribution in [2.75, 3.05) is 20.7 Å². The lowest BCUT2D eigenvalue weighted by Gasteiger charge is -2.24. The van der Waals surface area contributed by atoms with E-state index in [9.17, 15) is 0 Å². The molecule has 0 aromatic carbocycles. The molecule has 0 atom stereocenters. The van der Waals surface area contributed by atoms with Crippen molar-refractivity contribution in [2.45, 2.75) is 26.0 Å². The summed E-state index contributed by atoms with van der Waals surface area (Å²) in [5.41, 5.74) is 0.580. The van der Waals surface area contributed by atoms with Crippen molar-refractivity contribution in [1.82, 2.24) is 25.2 Å². The molecule has 122 valence electrons. The molecule has 2 aromatic rings. The van der Waals surface area contributed by atoms with Gasteiger partial charge in [-0.05, 0) is 26.0 Å². The minimum absolute atomic E-state index is 0. The summed E-state index contributed by atoms with van der Waals surface area (Å²) in [7, 11) is 3.43. The van der Waals surface area contributed by atoms with Crippen molar-refractivity contribution < 1.29 is 4.74 Å². The van der Waals surface area contributed by atoms with Crippen LogP contribution in [-0.4, -0.2) is 46.9 Å². The molecular weight excluding hydrogens is 395 g/mol. The predicted molar refractivity (Wildman–Crippen MR) is 97.7 cm³/mol. The lowest BCUT2D eigenvalue weighted by Crippen LogP contribution is -2.45. The van der Waals surface area contributed by atoms with Crippen molar-refractivity contribution >= 4 is 35.6 Å². The lowest BCUT2D eigenvalue weighted by molar-refractivity contribution is 0.0268. The average Bonchev–Trinajstić information content (AvgIpc) is 2.91.